The van der Waals surface area contributed by atoms with Gasteiger partial charge in [0.05, 0.1) is 12.2 Å². The number of carbonyl (C=O) groups is 1. The van der Waals surface area contributed by atoms with E-state index in [9.17, 15) is 4.79 Å². The summed E-state index contributed by atoms with van der Waals surface area (Å²) in [5, 5.41) is 9.44. The summed E-state index contributed by atoms with van der Waals surface area (Å²) in [6, 6.07) is 5.07. The summed E-state index contributed by atoms with van der Waals surface area (Å²) in [6.45, 7) is 2.39. The molecule has 0 bridgehead atoms. The van der Waals surface area contributed by atoms with E-state index in [0.29, 0.717) is 17.7 Å². The first-order valence-electron chi connectivity index (χ1n) is 4.24. The Morgan fingerprint density at radius 2 is 2.29 bits per heavy atom. The van der Waals surface area contributed by atoms with E-state index in [1.807, 2.05) is 6.92 Å². The molecule has 0 aliphatic heterocycles. The number of carboxylic acids is 1. The van der Waals surface area contributed by atoms with Gasteiger partial charge in [-0.1, -0.05) is 22.0 Å². The summed E-state index contributed by atoms with van der Waals surface area (Å²) < 4.78 is 5.22. The molecule has 0 amide bonds. The van der Waals surface area contributed by atoms with Crippen LogP contribution in [0.15, 0.2) is 18.2 Å². The zero-order valence-corrected chi connectivity index (χ0v) is 9.37. The van der Waals surface area contributed by atoms with Gasteiger partial charge in [0.2, 0.25) is 0 Å². The zero-order chi connectivity index (χ0) is 10.6. The lowest BCUT2D eigenvalue weighted by Crippen LogP contribution is -2.02. The Morgan fingerprint density at radius 1 is 1.57 bits per heavy atom. The van der Waals surface area contributed by atoms with Gasteiger partial charge in [-0.3, -0.25) is 0 Å². The van der Waals surface area contributed by atoms with Gasteiger partial charge in [-0.15, -0.1) is 0 Å². The molecular weight excluding hydrogens is 248 g/mol. The fraction of sp³-hybridized carbons (Fsp3) is 0.300. The van der Waals surface area contributed by atoms with Crippen LogP contribution in [-0.4, -0.2) is 17.7 Å². The van der Waals surface area contributed by atoms with E-state index in [4.69, 9.17) is 9.84 Å². The largest absolute Gasteiger partial charge is 0.494 e. The predicted molar refractivity (Wildman–Crippen MR) is 57.2 cm³/mol. The van der Waals surface area contributed by atoms with Crippen LogP contribution in [-0.2, 0) is 5.33 Å². The van der Waals surface area contributed by atoms with Gasteiger partial charge in [-0.05, 0) is 24.6 Å². The lowest BCUT2D eigenvalue weighted by Gasteiger charge is -2.06. The molecule has 0 saturated heterocycles. The predicted octanol–water partition coefficient (Wildman–Crippen LogP) is 2.68. The van der Waals surface area contributed by atoms with Crippen LogP contribution in [0.3, 0.4) is 0 Å². The molecule has 0 aliphatic rings. The van der Waals surface area contributed by atoms with Crippen molar-refractivity contribution >= 4 is 21.9 Å². The molecule has 1 aromatic rings. The van der Waals surface area contributed by atoms with Gasteiger partial charge < -0.3 is 9.84 Å². The van der Waals surface area contributed by atoms with Gasteiger partial charge in [-0.25, -0.2) is 4.79 Å². The van der Waals surface area contributed by atoms with Gasteiger partial charge in [0, 0.05) is 5.33 Å². The molecule has 1 rings (SSSR count). The maximum absolute atomic E-state index is 10.9. The third-order valence-electron chi connectivity index (χ3n) is 1.77. The molecule has 76 valence electrons. The molecule has 1 N–H and O–H groups in total. The smallest absolute Gasteiger partial charge is 0.336 e. The number of ether oxygens (including phenoxy) is 1. The van der Waals surface area contributed by atoms with Gasteiger partial charge in [0.25, 0.3) is 0 Å². The monoisotopic (exact) mass is 258 g/mol. The Labute approximate surface area is 90.8 Å². The highest BCUT2D eigenvalue weighted by atomic mass is 79.9. The van der Waals surface area contributed by atoms with Crippen LogP contribution in [0, 0.1) is 0 Å². The minimum absolute atomic E-state index is 0.285. The first-order chi connectivity index (χ1) is 6.69. The second kappa shape index (κ2) is 5.00. The molecule has 0 aliphatic carbocycles. The Hall–Kier alpha value is -1.03. The van der Waals surface area contributed by atoms with Crippen molar-refractivity contribution in [2.45, 2.75) is 12.3 Å². The summed E-state index contributed by atoms with van der Waals surface area (Å²) >= 11 is 3.24. The number of hydrogen-bond acceptors (Lipinski definition) is 2. The third-order valence-corrected chi connectivity index (χ3v) is 2.37. The number of aromatic carboxylic acids is 1. The number of hydrogen-bond donors (Lipinski definition) is 1. The molecule has 0 spiro atoms. The van der Waals surface area contributed by atoms with Crippen molar-refractivity contribution in [3.63, 3.8) is 0 Å². The Balaban J connectivity index is 3.07. The molecule has 0 radical (unpaired) electrons. The molecule has 0 saturated carbocycles. The van der Waals surface area contributed by atoms with E-state index in [1.54, 1.807) is 18.2 Å². The van der Waals surface area contributed by atoms with Gasteiger partial charge >= 0.3 is 5.97 Å². The highest BCUT2D eigenvalue weighted by molar-refractivity contribution is 9.08. The highest BCUT2D eigenvalue weighted by Gasteiger charge is 2.10. The first kappa shape index (κ1) is 11.0. The van der Waals surface area contributed by atoms with Crippen LogP contribution >= 0.6 is 15.9 Å². The number of carboxylic acid groups (broad SMARTS) is 1. The van der Waals surface area contributed by atoms with E-state index in [2.05, 4.69) is 15.9 Å². The van der Waals surface area contributed by atoms with Crippen molar-refractivity contribution in [1.82, 2.24) is 0 Å². The maximum Gasteiger partial charge on any atom is 0.336 e. The molecule has 4 heteroatoms. The molecule has 0 unspecified atom stereocenters. The van der Waals surface area contributed by atoms with E-state index in [-0.39, 0.29) is 5.56 Å². The van der Waals surface area contributed by atoms with E-state index in [0.717, 1.165) is 5.56 Å². The summed E-state index contributed by atoms with van der Waals surface area (Å²) in [5.74, 6) is -0.337. The maximum atomic E-state index is 10.9. The number of alkyl halides is 1. The minimum Gasteiger partial charge on any atom is -0.494 e. The fourth-order valence-electron chi connectivity index (χ4n) is 1.13. The van der Waals surface area contributed by atoms with Crippen molar-refractivity contribution in [2.75, 3.05) is 6.61 Å². The van der Waals surface area contributed by atoms with Crippen molar-refractivity contribution < 1.29 is 14.6 Å². The molecule has 1 aromatic carbocycles. The van der Waals surface area contributed by atoms with E-state index < -0.39 is 5.97 Å². The minimum atomic E-state index is -0.930. The van der Waals surface area contributed by atoms with Crippen molar-refractivity contribution in [2.24, 2.45) is 0 Å². The summed E-state index contributed by atoms with van der Waals surface area (Å²) in [7, 11) is 0. The van der Waals surface area contributed by atoms with Crippen molar-refractivity contribution in [3.05, 3.63) is 29.3 Å². The normalized spacial score (nSPS) is 9.86. The standard InChI is InChI=1S/C10H11BrO3/c1-2-14-8-4-3-7(6-11)9(5-8)10(12)13/h3-5H,2,6H2,1H3,(H,12,13). The van der Waals surface area contributed by atoms with Crippen LogP contribution in [0.1, 0.15) is 22.8 Å². The van der Waals surface area contributed by atoms with Crippen LogP contribution in [0.25, 0.3) is 0 Å². The second-order valence-electron chi connectivity index (χ2n) is 2.69. The number of halogens is 1. The van der Waals surface area contributed by atoms with Crippen LogP contribution in [0.4, 0.5) is 0 Å². The van der Waals surface area contributed by atoms with Gasteiger partial charge in [0.15, 0.2) is 0 Å². The van der Waals surface area contributed by atoms with Gasteiger partial charge in [-0.2, -0.15) is 0 Å². The Morgan fingerprint density at radius 3 is 2.79 bits per heavy atom. The van der Waals surface area contributed by atoms with E-state index in [1.165, 1.54) is 0 Å². The molecule has 0 aromatic heterocycles. The second-order valence-corrected chi connectivity index (χ2v) is 3.25. The fourth-order valence-corrected chi connectivity index (χ4v) is 1.62. The topological polar surface area (TPSA) is 46.5 Å². The van der Waals surface area contributed by atoms with Crippen LogP contribution in [0.5, 0.6) is 5.75 Å². The third kappa shape index (κ3) is 2.48. The highest BCUT2D eigenvalue weighted by Crippen LogP contribution is 2.20. The molecular formula is C10H11BrO3. The average molecular weight is 259 g/mol. The summed E-state index contributed by atoms with van der Waals surface area (Å²) in [5.41, 5.74) is 1.04. The van der Waals surface area contributed by atoms with E-state index >= 15 is 0 Å². The summed E-state index contributed by atoms with van der Waals surface area (Å²) in [4.78, 5) is 10.9. The Kier molecular flexibility index (Phi) is 3.95. The molecule has 0 heterocycles. The molecule has 0 atom stereocenters. The van der Waals surface area contributed by atoms with Crippen LogP contribution < -0.4 is 4.74 Å². The zero-order valence-electron chi connectivity index (χ0n) is 7.79. The summed E-state index contributed by atoms with van der Waals surface area (Å²) in [6.07, 6.45) is 0. The van der Waals surface area contributed by atoms with Crippen molar-refractivity contribution in [1.29, 1.82) is 0 Å². The van der Waals surface area contributed by atoms with Crippen molar-refractivity contribution in [3.8, 4) is 5.75 Å². The SMILES string of the molecule is CCOc1ccc(CBr)c(C(=O)O)c1. The van der Waals surface area contributed by atoms with Crippen LogP contribution in [0.2, 0.25) is 0 Å². The average Bonchev–Trinajstić information content (AvgIpc) is 2.18. The Bertz CT molecular complexity index is 336. The lowest BCUT2D eigenvalue weighted by atomic mass is 10.1. The first-order valence-corrected chi connectivity index (χ1v) is 5.36. The number of benzene rings is 1. The molecule has 14 heavy (non-hydrogen) atoms. The number of rotatable bonds is 4. The molecule has 3 nitrogen and oxygen atoms in total. The van der Waals surface area contributed by atoms with Gasteiger partial charge in [0.1, 0.15) is 5.75 Å². The lowest BCUT2D eigenvalue weighted by molar-refractivity contribution is 0.0695. The quantitative estimate of drug-likeness (QED) is 0.845. The molecule has 0 fully saturated rings.